The number of aromatic nitrogens is 1. The quantitative estimate of drug-likeness (QED) is 0.450. The first-order valence-corrected chi connectivity index (χ1v) is 13.0. The van der Waals surface area contributed by atoms with E-state index in [0.29, 0.717) is 37.9 Å². The zero-order valence-corrected chi connectivity index (χ0v) is 20.8. The summed E-state index contributed by atoms with van der Waals surface area (Å²) in [6, 6.07) is 13.8. The van der Waals surface area contributed by atoms with Crippen molar-refractivity contribution in [3.63, 3.8) is 0 Å². The Labute approximate surface area is 220 Å². The molecule has 2 aliphatic heterocycles. The Morgan fingerprint density at radius 1 is 1.06 bits per heavy atom. The number of carboxylic acid groups (broad SMARTS) is 1. The molecule has 0 spiro atoms. The van der Waals surface area contributed by atoms with Crippen molar-refractivity contribution in [2.45, 2.75) is 42.8 Å². The van der Waals surface area contributed by atoms with Gasteiger partial charge in [-0.1, -0.05) is 42.5 Å². The summed E-state index contributed by atoms with van der Waals surface area (Å²) in [6.45, 7) is 3.36. The van der Waals surface area contributed by atoms with Crippen LogP contribution in [0.5, 0.6) is 0 Å². The topological polar surface area (TPSA) is 74.6 Å². The van der Waals surface area contributed by atoms with Crippen LogP contribution in [-0.2, 0) is 22.5 Å². The largest absolute Gasteiger partial charge is 1.00 e. The van der Waals surface area contributed by atoms with Gasteiger partial charge in [-0.3, -0.25) is 14.3 Å². The SMILES string of the molecule is O=C([O-])C1CSc2c(C3CC3)c(Cc3cccc4ccccc34)c(CN3CCOCC3)c(=O)n21.[Li+]. The van der Waals surface area contributed by atoms with E-state index >= 15 is 0 Å². The molecule has 6 rings (SSSR count). The molecule has 2 aromatic carbocycles. The molecule has 1 saturated carbocycles. The summed E-state index contributed by atoms with van der Waals surface area (Å²) in [5.74, 6) is -0.427. The predicted octanol–water partition coefficient (Wildman–Crippen LogP) is -0.297. The number of hydrogen-bond donors (Lipinski definition) is 0. The van der Waals surface area contributed by atoms with Crippen molar-refractivity contribution in [3.05, 3.63) is 75.1 Å². The van der Waals surface area contributed by atoms with Crippen molar-refractivity contribution in [3.8, 4) is 0 Å². The number of carboxylic acids is 1. The Balaban J connectivity index is 0.00000253. The average Bonchev–Trinajstić information content (AvgIpc) is 3.59. The number of ether oxygens (including phenoxy) is 1. The molecule has 3 aromatic rings. The van der Waals surface area contributed by atoms with E-state index in [1.165, 1.54) is 38.2 Å². The molecular weight excluding hydrogens is 455 g/mol. The fourth-order valence-corrected chi connectivity index (χ4v) is 6.80. The molecule has 6 nitrogen and oxygen atoms in total. The number of nitrogens with zero attached hydrogens (tertiary/aromatic N) is 2. The molecule has 1 atom stereocenters. The first-order valence-electron chi connectivity index (χ1n) is 12.0. The zero-order chi connectivity index (χ0) is 23.2. The van der Waals surface area contributed by atoms with E-state index in [4.69, 9.17) is 4.74 Å². The van der Waals surface area contributed by atoms with Crippen molar-refractivity contribution in [1.29, 1.82) is 0 Å². The minimum Gasteiger partial charge on any atom is -0.548 e. The third-order valence-corrected chi connectivity index (χ3v) is 8.47. The van der Waals surface area contributed by atoms with E-state index in [-0.39, 0.29) is 24.4 Å². The summed E-state index contributed by atoms with van der Waals surface area (Å²) in [4.78, 5) is 28.1. The molecule has 3 heterocycles. The summed E-state index contributed by atoms with van der Waals surface area (Å²) < 4.78 is 7.06. The summed E-state index contributed by atoms with van der Waals surface area (Å²) >= 11 is 1.51. The van der Waals surface area contributed by atoms with E-state index in [2.05, 4.69) is 41.3 Å². The third-order valence-electron chi connectivity index (χ3n) is 7.30. The molecule has 0 radical (unpaired) electrons. The molecule has 0 N–H and O–H groups in total. The predicted molar refractivity (Wildman–Crippen MR) is 130 cm³/mol. The van der Waals surface area contributed by atoms with Crippen molar-refractivity contribution < 1.29 is 33.5 Å². The van der Waals surface area contributed by atoms with E-state index in [0.717, 1.165) is 42.1 Å². The minimum atomic E-state index is -1.17. The minimum absolute atomic E-state index is 0. The van der Waals surface area contributed by atoms with Crippen LogP contribution < -0.4 is 29.5 Å². The summed E-state index contributed by atoms with van der Waals surface area (Å²) in [6.07, 6.45) is 2.84. The van der Waals surface area contributed by atoms with Gasteiger partial charge in [0.05, 0.1) is 30.3 Å². The zero-order valence-electron chi connectivity index (χ0n) is 20.0. The van der Waals surface area contributed by atoms with Crippen LogP contribution in [0.25, 0.3) is 10.8 Å². The number of morpholine rings is 1. The molecule has 2 fully saturated rings. The monoisotopic (exact) mass is 482 g/mol. The number of rotatable bonds is 6. The van der Waals surface area contributed by atoms with Crippen molar-refractivity contribution >= 4 is 28.5 Å². The van der Waals surface area contributed by atoms with Gasteiger partial charge in [-0.05, 0) is 52.6 Å². The van der Waals surface area contributed by atoms with Crippen molar-refractivity contribution in [2.75, 3.05) is 32.1 Å². The van der Waals surface area contributed by atoms with Crippen LogP contribution in [0.2, 0.25) is 0 Å². The van der Waals surface area contributed by atoms with Gasteiger partial charge < -0.3 is 14.6 Å². The van der Waals surface area contributed by atoms with Gasteiger partial charge in [-0.25, -0.2) is 0 Å². The molecule has 35 heavy (non-hydrogen) atoms. The molecule has 0 bridgehead atoms. The second-order valence-corrected chi connectivity index (χ2v) is 10.5. The Kier molecular flexibility index (Phi) is 7.16. The molecule has 0 amide bonds. The Morgan fingerprint density at radius 2 is 1.80 bits per heavy atom. The fourth-order valence-electron chi connectivity index (χ4n) is 5.40. The second kappa shape index (κ2) is 10.2. The maximum atomic E-state index is 13.9. The fraction of sp³-hybridized carbons (Fsp3) is 0.407. The normalized spacial score (nSPS) is 19.9. The van der Waals surface area contributed by atoms with Crippen LogP contribution in [0.3, 0.4) is 0 Å². The molecule has 1 unspecified atom stereocenters. The van der Waals surface area contributed by atoms with E-state index < -0.39 is 12.0 Å². The number of thioether (sulfide) groups is 1. The van der Waals surface area contributed by atoms with Gasteiger partial charge in [0, 0.05) is 31.0 Å². The van der Waals surface area contributed by atoms with Gasteiger partial charge in [-0.15, -0.1) is 11.8 Å². The Bertz CT molecular complexity index is 1330. The summed E-state index contributed by atoms with van der Waals surface area (Å²) in [7, 11) is 0. The van der Waals surface area contributed by atoms with Crippen LogP contribution in [0.15, 0.2) is 52.3 Å². The molecule has 3 aliphatic rings. The van der Waals surface area contributed by atoms with Crippen LogP contribution in [-0.4, -0.2) is 47.5 Å². The number of fused-ring (bicyclic) bond motifs is 2. The van der Waals surface area contributed by atoms with Gasteiger partial charge in [0.1, 0.15) is 0 Å². The Morgan fingerprint density at radius 3 is 2.54 bits per heavy atom. The van der Waals surface area contributed by atoms with Gasteiger partial charge in [0.15, 0.2) is 0 Å². The first kappa shape index (κ1) is 24.7. The van der Waals surface area contributed by atoms with E-state index in [9.17, 15) is 14.7 Å². The standard InChI is InChI=1S/C27H28N2O4S.Li/c30-25-22(15-28-10-12-33-13-11-28)21(14-19-6-3-5-17-4-1-2-7-20(17)19)24(18-8-9-18)26-29(25)23(16-34-26)27(31)32;/h1-7,18,23H,8-16H2,(H,31,32);/q;+1/p-1. The van der Waals surface area contributed by atoms with E-state index in [1.807, 2.05) is 6.07 Å². The van der Waals surface area contributed by atoms with Crippen molar-refractivity contribution in [2.24, 2.45) is 0 Å². The molecule has 176 valence electrons. The molecular formula is C27H27LiN2O4S. The number of aliphatic carboxylic acids is 1. The van der Waals surface area contributed by atoms with Crippen LogP contribution in [0.1, 0.15) is 47.1 Å². The van der Waals surface area contributed by atoms with Gasteiger partial charge in [-0.2, -0.15) is 0 Å². The smallest absolute Gasteiger partial charge is 0.548 e. The molecule has 8 heteroatoms. The Hall–Kier alpha value is -2.01. The van der Waals surface area contributed by atoms with E-state index in [1.54, 1.807) is 0 Å². The first-order chi connectivity index (χ1) is 16.6. The number of hydrogen-bond acceptors (Lipinski definition) is 6. The second-order valence-electron chi connectivity index (χ2n) is 9.47. The molecule has 1 aliphatic carbocycles. The molecule has 1 saturated heterocycles. The number of carbonyl (C=O) groups excluding carboxylic acids is 1. The van der Waals surface area contributed by atoms with Crippen LogP contribution >= 0.6 is 11.8 Å². The van der Waals surface area contributed by atoms with Gasteiger partial charge >= 0.3 is 18.9 Å². The number of carbonyl (C=O) groups is 1. The summed E-state index contributed by atoms with van der Waals surface area (Å²) in [5, 5.41) is 15.2. The van der Waals surface area contributed by atoms with Crippen molar-refractivity contribution in [1.82, 2.24) is 9.47 Å². The summed E-state index contributed by atoms with van der Waals surface area (Å²) in [5.41, 5.74) is 4.08. The maximum Gasteiger partial charge on any atom is 1.00 e. The maximum absolute atomic E-state index is 13.9. The average molecular weight is 483 g/mol. The van der Waals surface area contributed by atoms with Crippen LogP contribution in [0, 0.1) is 0 Å². The third kappa shape index (κ3) is 4.61. The number of benzene rings is 2. The van der Waals surface area contributed by atoms with Gasteiger partial charge in [0.2, 0.25) is 0 Å². The molecule has 1 aromatic heterocycles. The van der Waals surface area contributed by atoms with Crippen LogP contribution in [0.4, 0.5) is 0 Å². The van der Waals surface area contributed by atoms with Gasteiger partial charge in [0.25, 0.3) is 5.56 Å². The number of pyridine rings is 1.